The molecule has 1 aliphatic rings. The van der Waals surface area contributed by atoms with Gasteiger partial charge in [-0.15, -0.1) is 10.2 Å². The molecule has 10 nitrogen and oxygen atoms in total. The molecule has 0 aliphatic carbocycles. The number of nitrogens with zero attached hydrogens (tertiary/aromatic N) is 3. The van der Waals surface area contributed by atoms with E-state index in [1.54, 1.807) is 36.4 Å². The number of methoxy groups -OCH3 is 4. The molecular weight excluding hydrogens is 627 g/mol. The SMILES string of the molecule is COc1ccc(C(O)=C2C(=O)C(=O)N(c3nnc(SCc4cccc5ccccc45)s3)[C@H]2c2ccc(OC)c(OC)c2)cc1OC. The number of anilines is 1. The largest absolute Gasteiger partial charge is 0.507 e. The predicted molar refractivity (Wildman–Crippen MR) is 177 cm³/mol. The molecule has 234 valence electrons. The number of ether oxygens (including phenoxy) is 4. The summed E-state index contributed by atoms with van der Waals surface area (Å²) < 4.78 is 22.3. The first-order valence-corrected chi connectivity index (χ1v) is 15.9. The third-order valence-electron chi connectivity index (χ3n) is 7.66. The van der Waals surface area contributed by atoms with Gasteiger partial charge in [-0.3, -0.25) is 14.5 Å². The Balaban J connectivity index is 1.41. The fourth-order valence-electron chi connectivity index (χ4n) is 5.42. The molecule has 0 radical (unpaired) electrons. The molecule has 0 unspecified atom stereocenters. The lowest BCUT2D eigenvalue weighted by Gasteiger charge is -2.23. The Morgan fingerprint density at radius 3 is 2.24 bits per heavy atom. The highest BCUT2D eigenvalue weighted by molar-refractivity contribution is 8.00. The number of aromatic nitrogens is 2. The van der Waals surface area contributed by atoms with Crippen LogP contribution in [0.2, 0.25) is 0 Å². The fourth-order valence-corrected chi connectivity index (χ4v) is 7.29. The second-order valence-corrected chi connectivity index (χ2v) is 12.3. The summed E-state index contributed by atoms with van der Waals surface area (Å²) in [7, 11) is 5.97. The lowest BCUT2D eigenvalue weighted by Crippen LogP contribution is -2.29. The van der Waals surface area contributed by atoms with Crippen LogP contribution in [0.25, 0.3) is 16.5 Å². The van der Waals surface area contributed by atoms with Crippen LogP contribution in [0.1, 0.15) is 22.7 Å². The number of ketones is 1. The van der Waals surface area contributed by atoms with Gasteiger partial charge in [-0.05, 0) is 52.2 Å². The van der Waals surface area contributed by atoms with Crippen molar-refractivity contribution >= 4 is 56.5 Å². The molecular formula is C34H29N3O7S2. The fraction of sp³-hybridized carbons (Fsp3) is 0.176. The zero-order valence-corrected chi connectivity index (χ0v) is 27.0. The normalized spacial score (nSPS) is 15.7. The number of carbonyl (C=O) groups excluding carboxylic acids is 2. The number of hydrogen-bond donors (Lipinski definition) is 1. The van der Waals surface area contributed by atoms with Crippen molar-refractivity contribution in [2.24, 2.45) is 0 Å². The molecule has 0 spiro atoms. The van der Waals surface area contributed by atoms with Crippen LogP contribution < -0.4 is 23.8 Å². The number of benzene rings is 4. The first-order chi connectivity index (χ1) is 22.4. The Bertz CT molecular complexity index is 1990. The van der Waals surface area contributed by atoms with Crippen LogP contribution in [0, 0.1) is 0 Å². The first-order valence-electron chi connectivity index (χ1n) is 14.1. The van der Waals surface area contributed by atoms with Crippen LogP contribution in [-0.4, -0.2) is 55.4 Å². The van der Waals surface area contributed by atoms with E-state index in [2.05, 4.69) is 34.5 Å². The van der Waals surface area contributed by atoms with Crippen molar-refractivity contribution < 1.29 is 33.6 Å². The molecule has 1 saturated heterocycles. The third-order valence-corrected chi connectivity index (χ3v) is 9.76. The molecule has 0 saturated carbocycles. The van der Waals surface area contributed by atoms with Crippen molar-refractivity contribution in [3.05, 3.63) is 101 Å². The van der Waals surface area contributed by atoms with Gasteiger partial charge in [0, 0.05) is 11.3 Å². The van der Waals surface area contributed by atoms with Crippen LogP contribution in [0.4, 0.5) is 5.13 Å². The number of amides is 1. The topological polar surface area (TPSA) is 120 Å². The quantitative estimate of drug-likeness (QED) is 0.0576. The predicted octanol–water partition coefficient (Wildman–Crippen LogP) is 6.64. The van der Waals surface area contributed by atoms with Gasteiger partial charge in [0.05, 0.1) is 40.1 Å². The Morgan fingerprint density at radius 1 is 0.826 bits per heavy atom. The van der Waals surface area contributed by atoms with Crippen LogP contribution in [-0.2, 0) is 15.3 Å². The Labute approximate surface area is 273 Å². The summed E-state index contributed by atoms with van der Waals surface area (Å²) in [5, 5.41) is 22.8. The Morgan fingerprint density at radius 2 is 1.50 bits per heavy atom. The van der Waals surface area contributed by atoms with E-state index in [1.165, 1.54) is 56.4 Å². The first kappa shape index (κ1) is 30.9. The molecule has 0 bridgehead atoms. The summed E-state index contributed by atoms with van der Waals surface area (Å²) in [6, 6.07) is 23.1. The van der Waals surface area contributed by atoms with Crippen molar-refractivity contribution in [2.45, 2.75) is 16.1 Å². The molecule has 6 rings (SSSR count). The van der Waals surface area contributed by atoms with Crippen LogP contribution in [0.3, 0.4) is 0 Å². The van der Waals surface area contributed by atoms with Crippen LogP contribution >= 0.6 is 23.1 Å². The summed E-state index contributed by atoms with van der Waals surface area (Å²) in [6.45, 7) is 0. The molecule has 1 aromatic heterocycles. The summed E-state index contributed by atoms with van der Waals surface area (Å²) in [5.41, 5.74) is 1.79. The van der Waals surface area contributed by atoms with E-state index in [9.17, 15) is 14.7 Å². The van der Waals surface area contributed by atoms with Crippen LogP contribution in [0.5, 0.6) is 23.0 Å². The maximum Gasteiger partial charge on any atom is 0.301 e. The summed E-state index contributed by atoms with van der Waals surface area (Å²) in [4.78, 5) is 28.7. The number of Topliss-reactive ketones (excluding diaryl/α,β-unsaturated/α-hetero) is 1. The van der Waals surface area contributed by atoms with Gasteiger partial charge in [0.1, 0.15) is 5.76 Å². The van der Waals surface area contributed by atoms with Crippen molar-refractivity contribution in [3.8, 4) is 23.0 Å². The van der Waals surface area contributed by atoms with Gasteiger partial charge in [-0.1, -0.05) is 71.6 Å². The minimum absolute atomic E-state index is 0.121. The number of carbonyl (C=O) groups is 2. The maximum absolute atomic E-state index is 13.7. The third kappa shape index (κ3) is 5.61. The molecule has 4 aromatic carbocycles. The maximum atomic E-state index is 13.7. The van der Waals surface area contributed by atoms with E-state index in [-0.39, 0.29) is 22.0 Å². The average molecular weight is 656 g/mol. The Kier molecular flexibility index (Phi) is 8.82. The summed E-state index contributed by atoms with van der Waals surface area (Å²) in [6.07, 6.45) is 0. The summed E-state index contributed by atoms with van der Waals surface area (Å²) in [5.74, 6) is 0.186. The second-order valence-electron chi connectivity index (χ2n) is 10.1. The minimum Gasteiger partial charge on any atom is -0.507 e. The van der Waals surface area contributed by atoms with Gasteiger partial charge < -0.3 is 24.1 Å². The zero-order chi connectivity index (χ0) is 32.4. The van der Waals surface area contributed by atoms with Gasteiger partial charge in [-0.25, -0.2) is 0 Å². The van der Waals surface area contributed by atoms with Crippen molar-refractivity contribution in [3.63, 3.8) is 0 Å². The number of thioether (sulfide) groups is 1. The highest BCUT2D eigenvalue weighted by Crippen LogP contribution is 2.46. The van der Waals surface area contributed by atoms with Gasteiger partial charge in [0.15, 0.2) is 27.3 Å². The van der Waals surface area contributed by atoms with E-state index in [1.807, 2.05) is 18.2 Å². The summed E-state index contributed by atoms with van der Waals surface area (Å²) >= 11 is 2.68. The van der Waals surface area contributed by atoms with Crippen molar-refractivity contribution in [2.75, 3.05) is 33.3 Å². The zero-order valence-electron chi connectivity index (χ0n) is 25.3. The number of fused-ring (bicyclic) bond motifs is 1. The number of rotatable bonds is 10. The van der Waals surface area contributed by atoms with Crippen molar-refractivity contribution in [1.29, 1.82) is 0 Å². The standard InChI is InChI=1S/C34H29N3O7S2/c1-41-24-14-12-20(16-26(24)43-3)29-28(30(38)21-13-15-25(42-2)27(17-21)44-4)31(39)32(40)37(29)33-35-36-34(46-33)45-18-22-10-7-9-19-8-5-6-11-23(19)22/h5-17,29,38H,18H2,1-4H3/t29-/m0/s1. The molecule has 5 aromatic rings. The highest BCUT2D eigenvalue weighted by atomic mass is 32.2. The van der Waals surface area contributed by atoms with E-state index in [0.29, 0.717) is 38.7 Å². The van der Waals surface area contributed by atoms with E-state index in [0.717, 1.165) is 16.3 Å². The monoisotopic (exact) mass is 655 g/mol. The molecule has 46 heavy (non-hydrogen) atoms. The molecule has 1 aliphatic heterocycles. The molecule has 1 amide bonds. The number of hydrogen-bond acceptors (Lipinski definition) is 11. The lowest BCUT2D eigenvalue weighted by atomic mass is 9.95. The van der Waals surface area contributed by atoms with Gasteiger partial charge in [0.2, 0.25) is 5.13 Å². The molecule has 12 heteroatoms. The number of aliphatic hydroxyl groups excluding tert-OH is 1. The average Bonchev–Trinajstić information content (AvgIpc) is 3.67. The molecule has 1 fully saturated rings. The smallest absolute Gasteiger partial charge is 0.301 e. The molecule has 1 atom stereocenters. The highest BCUT2D eigenvalue weighted by Gasteiger charge is 2.48. The van der Waals surface area contributed by atoms with Gasteiger partial charge in [0.25, 0.3) is 5.78 Å². The van der Waals surface area contributed by atoms with Crippen molar-refractivity contribution in [1.82, 2.24) is 10.2 Å². The molecule has 2 heterocycles. The Hall–Kier alpha value is -5.07. The van der Waals surface area contributed by atoms with E-state index >= 15 is 0 Å². The van der Waals surface area contributed by atoms with E-state index < -0.39 is 17.7 Å². The van der Waals surface area contributed by atoms with Gasteiger partial charge in [-0.2, -0.15) is 0 Å². The van der Waals surface area contributed by atoms with Crippen LogP contribution in [0.15, 0.2) is 88.8 Å². The number of aliphatic hydroxyl groups is 1. The minimum atomic E-state index is -1.04. The second kappa shape index (κ2) is 13.1. The van der Waals surface area contributed by atoms with Gasteiger partial charge >= 0.3 is 5.91 Å². The van der Waals surface area contributed by atoms with E-state index in [4.69, 9.17) is 18.9 Å². The lowest BCUT2D eigenvalue weighted by molar-refractivity contribution is -0.132. The molecule has 1 N–H and O–H groups in total.